The van der Waals surface area contributed by atoms with Crippen LogP contribution in [0.3, 0.4) is 0 Å². The molecule has 1 aliphatic heterocycles. The number of aromatic nitrogens is 1. The van der Waals surface area contributed by atoms with Gasteiger partial charge in [-0.15, -0.1) is 0 Å². The monoisotopic (exact) mass is 311 g/mol. The summed E-state index contributed by atoms with van der Waals surface area (Å²) in [6.45, 7) is 0.854. The summed E-state index contributed by atoms with van der Waals surface area (Å²) in [6.07, 6.45) is 7.40. The standard InChI is InChI=1S/C14H18BrNO2/c15-11-4-5-12(16-10-11)9-13(17)6-7-14-3-1-2-8-18-14/h4-5,10,14H,1-3,6-9H2. The van der Waals surface area contributed by atoms with Crippen molar-refractivity contribution in [1.29, 1.82) is 0 Å². The molecule has 1 fully saturated rings. The molecule has 2 heterocycles. The molecular weight excluding hydrogens is 294 g/mol. The summed E-state index contributed by atoms with van der Waals surface area (Å²) >= 11 is 3.33. The molecule has 0 amide bonds. The number of halogens is 1. The van der Waals surface area contributed by atoms with Crippen molar-refractivity contribution in [1.82, 2.24) is 4.98 Å². The molecule has 0 bridgehead atoms. The molecule has 1 atom stereocenters. The summed E-state index contributed by atoms with van der Waals surface area (Å²) in [5.74, 6) is 0.249. The highest BCUT2D eigenvalue weighted by atomic mass is 79.9. The molecule has 1 aromatic heterocycles. The smallest absolute Gasteiger partial charge is 0.138 e. The van der Waals surface area contributed by atoms with Crippen molar-refractivity contribution in [2.75, 3.05) is 6.61 Å². The second-order valence-electron chi connectivity index (χ2n) is 4.71. The van der Waals surface area contributed by atoms with Crippen LogP contribution in [0.5, 0.6) is 0 Å². The minimum absolute atomic E-state index is 0.249. The lowest BCUT2D eigenvalue weighted by molar-refractivity contribution is -0.119. The summed E-state index contributed by atoms with van der Waals surface area (Å²) in [5, 5.41) is 0. The van der Waals surface area contributed by atoms with Crippen molar-refractivity contribution in [2.24, 2.45) is 0 Å². The lowest BCUT2D eigenvalue weighted by atomic mass is 10.0. The van der Waals surface area contributed by atoms with Crippen LogP contribution in [-0.2, 0) is 16.0 Å². The molecule has 1 saturated heterocycles. The minimum atomic E-state index is 0.249. The number of hydrogen-bond donors (Lipinski definition) is 0. The minimum Gasteiger partial charge on any atom is -0.378 e. The van der Waals surface area contributed by atoms with E-state index in [1.54, 1.807) is 6.20 Å². The average molecular weight is 312 g/mol. The highest BCUT2D eigenvalue weighted by Crippen LogP contribution is 2.17. The van der Waals surface area contributed by atoms with Gasteiger partial charge in [-0.25, -0.2) is 0 Å². The normalized spacial score (nSPS) is 19.7. The van der Waals surface area contributed by atoms with Crippen molar-refractivity contribution in [3.8, 4) is 0 Å². The van der Waals surface area contributed by atoms with E-state index >= 15 is 0 Å². The van der Waals surface area contributed by atoms with Gasteiger partial charge in [0.25, 0.3) is 0 Å². The van der Waals surface area contributed by atoms with Gasteiger partial charge in [0.2, 0.25) is 0 Å². The highest BCUT2D eigenvalue weighted by molar-refractivity contribution is 9.10. The van der Waals surface area contributed by atoms with Crippen LogP contribution in [0.2, 0.25) is 0 Å². The highest BCUT2D eigenvalue weighted by Gasteiger charge is 2.15. The number of ether oxygens (including phenoxy) is 1. The average Bonchev–Trinajstić information content (AvgIpc) is 2.40. The molecule has 4 heteroatoms. The van der Waals surface area contributed by atoms with Crippen LogP contribution >= 0.6 is 15.9 Å². The Hall–Kier alpha value is -0.740. The Morgan fingerprint density at radius 2 is 2.33 bits per heavy atom. The Kier molecular flexibility index (Phi) is 5.32. The van der Waals surface area contributed by atoms with Crippen LogP contribution in [0.15, 0.2) is 22.8 Å². The maximum absolute atomic E-state index is 11.8. The van der Waals surface area contributed by atoms with E-state index in [2.05, 4.69) is 20.9 Å². The van der Waals surface area contributed by atoms with E-state index in [1.165, 1.54) is 6.42 Å². The van der Waals surface area contributed by atoms with Gasteiger partial charge in [-0.1, -0.05) is 0 Å². The van der Waals surface area contributed by atoms with Gasteiger partial charge >= 0.3 is 0 Å². The van der Waals surface area contributed by atoms with Crippen LogP contribution in [0.4, 0.5) is 0 Å². The van der Waals surface area contributed by atoms with Crippen molar-refractivity contribution in [3.63, 3.8) is 0 Å². The predicted molar refractivity (Wildman–Crippen MR) is 73.5 cm³/mol. The molecule has 2 rings (SSSR count). The largest absolute Gasteiger partial charge is 0.378 e. The molecule has 1 aliphatic rings. The van der Waals surface area contributed by atoms with E-state index in [9.17, 15) is 4.79 Å². The summed E-state index contributed by atoms with van der Waals surface area (Å²) < 4.78 is 6.56. The molecule has 0 spiro atoms. The second kappa shape index (κ2) is 7.00. The van der Waals surface area contributed by atoms with Crippen LogP contribution in [0.25, 0.3) is 0 Å². The summed E-state index contributed by atoms with van der Waals surface area (Å²) in [6, 6.07) is 3.80. The van der Waals surface area contributed by atoms with Crippen LogP contribution in [0.1, 0.15) is 37.8 Å². The molecule has 0 aromatic carbocycles. The van der Waals surface area contributed by atoms with Gasteiger partial charge in [-0.05, 0) is 53.7 Å². The number of rotatable bonds is 5. The van der Waals surface area contributed by atoms with Gasteiger partial charge in [0.1, 0.15) is 5.78 Å². The molecule has 0 aliphatic carbocycles. The van der Waals surface area contributed by atoms with E-state index < -0.39 is 0 Å². The lowest BCUT2D eigenvalue weighted by Crippen LogP contribution is -2.20. The Balaban J connectivity index is 1.73. The molecule has 98 valence electrons. The zero-order valence-electron chi connectivity index (χ0n) is 10.4. The maximum atomic E-state index is 11.8. The molecule has 1 aromatic rings. The zero-order valence-corrected chi connectivity index (χ0v) is 12.0. The topological polar surface area (TPSA) is 39.2 Å². The van der Waals surface area contributed by atoms with E-state index in [4.69, 9.17) is 4.74 Å². The first-order valence-corrected chi connectivity index (χ1v) is 7.27. The number of hydrogen-bond acceptors (Lipinski definition) is 3. The Bertz CT molecular complexity index is 385. The van der Waals surface area contributed by atoms with Gasteiger partial charge in [0, 0.05) is 35.8 Å². The Morgan fingerprint density at radius 3 is 3.00 bits per heavy atom. The molecule has 0 N–H and O–H groups in total. The summed E-state index contributed by atoms with van der Waals surface area (Å²) in [5.41, 5.74) is 0.841. The van der Waals surface area contributed by atoms with Crippen molar-refractivity contribution in [3.05, 3.63) is 28.5 Å². The third kappa shape index (κ3) is 4.50. The van der Waals surface area contributed by atoms with Crippen LogP contribution < -0.4 is 0 Å². The summed E-state index contributed by atoms with van der Waals surface area (Å²) in [4.78, 5) is 16.0. The molecule has 18 heavy (non-hydrogen) atoms. The molecular formula is C14H18BrNO2. The summed E-state index contributed by atoms with van der Waals surface area (Å²) in [7, 11) is 0. The Morgan fingerprint density at radius 1 is 1.44 bits per heavy atom. The number of ketones is 1. The molecule has 3 nitrogen and oxygen atoms in total. The number of carbonyl (C=O) groups is 1. The van der Waals surface area contributed by atoms with Crippen molar-refractivity contribution >= 4 is 21.7 Å². The van der Waals surface area contributed by atoms with Gasteiger partial charge in [-0.2, -0.15) is 0 Å². The van der Waals surface area contributed by atoms with E-state index in [0.717, 1.165) is 36.0 Å². The number of pyridine rings is 1. The Labute approximate surface area is 116 Å². The molecule has 0 saturated carbocycles. The first-order valence-electron chi connectivity index (χ1n) is 6.48. The molecule has 0 radical (unpaired) electrons. The zero-order chi connectivity index (χ0) is 12.8. The van der Waals surface area contributed by atoms with Gasteiger partial charge in [0.05, 0.1) is 6.10 Å². The third-order valence-corrected chi connectivity index (χ3v) is 3.66. The first kappa shape index (κ1) is 13.7. The fourth-order valence-electron chi connectivity index (χ4n) is 2.16. The first-order chi connectivity index (χ1) is 8.74. The van der Waals surface area contributed by atoms with Crippen molar-refractivity contribution < 1.29 is 9.53 Å². The van der Waals surface area contributed by atoms with E-state index in [1.807, 2.05) is 12.1 Å². The fraction of sp³-hybridized carbons (Fsp3) is 0.571. The number of nitrogens with zero attached hydrogens (tertiary/aromatic N) is 1. The van der Waals surface area contributed by atoms with E-state index in [0.29, 0.717) is 18.9 Å². The quantitative estimate of drug-likeness (QED) is 0.837. The second-order valence-corrected chi connectivity index (χ2v) is 5.63. The van der Waals surface area contributed by atoms with Gasteiger partial charge < -0.3 is 4.74 Å². The van der Waals surface area contributed by atoms with E-state index in [-0.39, 0.29) is 5.78 Å². The van der Waals surface area contributed by atoms with Crippen molar-refractivity contribution in [2.45, 2.75) is 44.6 Å². The third-order valence-electron chi connectivity index (χ3n) is 3.19. The lowest BCUT2D eigenvalue weighted by Gasteiger charge is -2.22. The maximum Gasteiger partial charge on any atom is 0.138 e. The fourth-order valence-corrected chi connectivity index (χ4v) is 2.39. The van der Waals surface area contributed by atoms with Gasteiger partial charge in [0.15, 0.2) is 0 Å². The SMILES string of the molecule is O=C(CCC1CCCCO1)Cc1ccc(Br)cn1. The predicted octanol–water partition coefficient (Wildman–Crippen LogP) is 3.31. The van der Waals surface area contributed by atoms with Crippen LogP contribution in [0, 0.1) is 0 Å². The van der Waals surface area contributed by atoms with Gasteiger partial charge in [-0.3, -0.25) is 9.78 Å². The molecule has 1 unspecified atom stereocenters. The number of Topliss-reactive ketones (excluding diaryl/α,β-unsaturated/α-hetero) is 1. The van der Waals surface area contributed by atoms with Crippen LogP contribution in [-0.4, -0.2) is 23.5 Å². The number of carbonyl (C=O) groups excluding carboxylic acids is 1.